The van der Waals surface area contributed by atoms with Crippen molar-refractivity contribution in [3.05, 3.63) is 11.8 Å². The molecule has 0 saturated heterocycles. The van der Waals surface area contributed by atoms with Crippen LogP contribution in [0.1, 0.15) is 12.0 Å². The van der Waals surface area contributed by atoms with Crippen LogP contribution in [0.4, 0.5) is 5.82 Å². The largest absolute Gasteiger partial charge is 0.368 e. The Morgan fingerprint density at radius 1 is 1.56 bits per heavy atom. The number of H-pyrrole nitrogens is 1. The molecular formula is C6H9N3. The molecular weight excluding hydrogens is 114 g/mol. The van der Waals surface area contributed by atoms with Gasteiger partial charge in [0.1, 0.15) is 0 Å². The van der Waals surface area contributed by atoms with Crippen LogP contribution in [-0.2, 0) is 6.42 Å². The highest BCUT2D eigenvalue weighted by molar-refractivity contribution is 5.44. The predicted octanol–water partition coefficient (Wildman–Crippen LogP) is 0.768. The minimum Gasteiger partial charge on any atom is -0.368 e. The molecule has 0 aliphatic carbocycles. The maximum Gasteiger partial charge on any atom is 0.150 e. The molecule has 1 aliphatic heterocycles. The van der Waals surface area contributed by atoms with E-state index >= 15 is 0 Å². The summed E-state index contributed by atoms with van der Waals surface area (Å²) in [5.74, 6) is 1.04. The minimum absolute atomic E-state index is 1.04. The highest BCUT2D eigenvalue weighted by Gasteiger charge is 2.08. The average molecular weight is 123 g/mol. The Morgan fingerprint density at radius 3 is 3.44 bits per heavy atom. The lowest BCUT2D eigenvalue weighted by atomic mass is 10.1. The van der Waals surface area contributed by atoms with Crippen LogP contribution in [0.2, 0.25) is 0 Å². The fourth-order valence-electron chi connectivity index (χ4n) is 1.14. The van der Waals surface area contributed by atoms with E-state index in [1.165, 1.54) is 18.4 Å². The van der Waals surface area contributed by atoms with Gasteiger partial charge >= 0.3 is 0 Å². The molecule has 0 unspecified atom stereocenters. The average Bonchev–Trinajstić information content (AvgIpc) is 2.33. The second kappa shape index (κ2) is 1.76. The fourth-order valence-corrected chi connectivity index (χ4v) is 1.14. The van der Waals surface area contributed by atoms with Gasteiger partial charge in [-0.1, -0.05) is 0 Å². The number of nitrogens with zero attached hydrogens (tertiary/aromatic N) is 1. The quantitative estimate of drug-likeness (QED) is 0.535. The summed E-state index contributed by atoms with van der Waals surface area (Å²) in [5, 5.41) is 10.0. The summed E-state index contributed by atoms with van der Waals surface area (Å²) in [6.45, 7) is 1.07. The number of fused-ring (bicyclic) bond motifs is 1. The third-order valence-corrected chi connectivity index (χ3v) is 1.63. The van der Waals surface area contributed by atoms with Gasteiger partial charge in [-0.05, 0) is 12.8 Å². The Balaban J connectivity index is 2.39. The summed E-state index contributed by atoms with van der Waals surface area (Å²) in [6, 6.07) is 0. The van der Waals surface area contributed by atoms with Crippen molar-refractivity contribution in [2.45, 2.75) is 12.8 Å². The minimum atomic E-state index is 1.04. The standard InChI is InChI=1S/C6H9N3/c1-2-5-4-8-9-6(5)7-3-1/h4H,1-3H2,(H2,7,8,9). The van der Waals surface area contributed by atoms with Crippen LogP contribution in [0, 0.1) is 0 Å². The number of aromatic nitrogens is 2. The van der Waals surface area contributed by atoms with E-state index in [-0.39, 0.29) is 0 Å². The van der Waals surface area contributed by atoms with Crippen molar-refractivity contribution < 1.29 is 0 Å². The molecule has 2 N–H and O–H groups in total. The maximum absolute atomic E-state index is 4.02. The zero-order valence-corrected chi connectivity index (χ0v) is 5.15. The number of hydrogen-bond donors (Lipinski definition) is 2. The topological polar surface area (TPSA) is 40.7 Å². The van der Waals surface area contributed by atoms with Crippen molar-refractivity contribution in [2.75, 3.05) is 11.9 Å². The zero-order valence-electron chi connectivity index (χ0n) is 5.15. The molecule has 0 atom stereocenters. The Bertz CT molecular complexity index is 183. The Morgan fingerprint density at radius 2 is 2.56 bits per heavy atom. The molecule has 1 aromatic heterocycles. The van der Waals surface area contributed by atoms with Crippen LogP contribution in [0.25, 0.3) is 0 Å². The summed E-state index contributed by atoms with van der Waals surface area (Å²) < 4.78 is 0. The van der Waals surface area contributed by atoms with E-state index in [1.54, 1.807) is 0 Å². The molecule has 3 heteroatoms. The van der Waals surface area contributed by atoms with E-state index in [0.29, 0.717) is 0 Å². The molecule has 0 saturated carbocycles. The lowest BCUT2D eigenvalue weighted by Gasteiger charge is -2.10. The lowest BCUT2D eigenvalue weighted by Crippen LogP contribution is -2.10. The molecule has 48 valence electrons. The van der Waals surface area contributed by atoms with Crippen molar-refractivity contribution in [3.8, 4) is 0 Å². The highest BCUT2D eigenvalue weighted by atomic mass is 15.2. The van der Waals surface area contributed by atoms with Gasteiger partial charge in [-0.3, -0.25) is 5.10 Å². The normalized spacial score (nSPS) is 16.4. The van der Waals surface area contributed by atoms with Crippen LogP contribution in [0.15, 0.2) is 6.20 Å². The molecule has 2 rings (SSSR count). The number of aromatic amines is 1. The summed E-state index contributed by atoms with van der Waals surface area (Å²) in [5.41, 5.74) is 1.32. The van der Waals surface area contributed by atoms with Crippen molar-refractivity contribution in [2.24, 2.45) is 0 Å². The third kappa shape index (κ3) is 0.686. The summed E-state index contributed by atoms with van der Waals surface area (Å²) in [6.07, 6.45) is 4.35. The molecule has 0 spiro atoms. The molecule has 0 amide bonds. The van der Waals surface area contributed by atoms with Gasteiger partial charge < -0.3 is 5.32 Å². The number of rotatable bonds is 0. The molecule has 3 nitrogen and oxygen atoms in total. The summed E-state index contributed by atoms with van der Waals surface area (Å²) in [7, 11) is 0. The number of anilines is 1. The highest BCUT2D eigenvalue weighted by Crippen LogP contribution is 2.16. The first-order chi connectivity index (χ1) is 4.47. The van der Waals surface area contributed by atoms with Crippen LogP contribution >= 0.6 is 0 Å². The van der Waals surface area contributed by atoms with E-state index in [0.717, 1.165) is 12.4 Å². The Labute approximate surface area is 53.5 Å². The Hall–Kier alpha value is -0.990. The summed E-state index contributed by atoms with van der Waals surface area (Å²) in [4.78, 5) is 0. The predicted molar refractivity (Wildman–Crippen MR) is 35.4 cm³/mol. The van der Waals surface area contributed by atoms with E-state index in [4.69, 9.17) is 0 Å². The zero-order chi connectivity index (χ0) is 6.10. The van der Waals surface area contributed by atoms with Gasteiger partial charge in [0.2, 0.25) is 0 Å². The lowest BCUT2D eigenvalue weighted by molar-refractivity contribution is 0.827. The first-order valence-corrected chi connectivity index (χ1v) is 3.23. The van der Waals surface area contributed by atoms with Crippen LogP contribution in [-0.4, -0.2) is 16.7 Å². The smallest absolute Gasteiger partial charge is 0.150 e. The van der Waals surface area contributed by atoms with Gasteiger partial charge in [0.15, 0.2) is 5.82 Å². The van der Waals surface area contributed by atoms with Gasteiger partial charge in [-0.25, -0.2) is 0 Å². The van der Waals surface area contributed by atoms with Crippen LogP contribution < -0.4 is 5.32 Å². The number of aryl methyl sites for hydroxylation is 1. The molecule has 0 aromatic carbocycles. The van der Waals surface area contributed by atoms with Gasteiger partial charge in [0, 0.05) is 18.3 Å². The first kappa shape index (κ1) is 4.85. The van der Waals surface area contributed by atoms with Crippen molar-refractivity contribution in [1.82, 2.24) is 10.2 Å². The van der Waals surface area contributed by atoms with Gasteiger partial charge in [0.25, 0.3) is 0 Å². The second-order valence-corrected chi connectivity index (χ2v) is 2.29. The molecule has 2 heterocycles. The van der Waals surface area contributed by atoms with Crippen molar-refractivity contribution in [1.29, 1.82) is 0 Å². The first-order valence-electron chi connectivity index (χ1n) is 3.23. The van der Waals surface area contributed by atoms with E-state index in [1.807, 2.05) is 6.20 Å². The van der Waals surface area contributed by atoms with Crippen LogP contribution in [0.5, 0.6) is 0 Å². The molecule has 1 aliphatic rings. The fraction of sp³-hybridized carbons (Fsp3) is 0.500. The maximum atomic E-state index is 4.02. The molecule has 9 heavy (non-hydrogen) atoms. The van der Waals surface area contributed by atoms with Crippen molar-refractivity contribution >= 4 is 5.82 Å². The van der Waals surface area contributed by atoms with Crippen molar-refractivity contribution in [3.63, 3.8) is 0 Å². The number of nitrogens with one attached hydrogen (secondary N) is 2. The van der Waals surface area contributed by atoms with E-state index in [9.17, 15) is 0 Å². The van der Waals surface area contributed by atoms with Crippen LogP contribution in [0.3, 0.4) is 0 Å². The van der Waals surface area contributed by atoms with Gasteiger partial charge in [-0.15, -0.1) is 0 Å². The molecule has 0 bridgehead atoms. The molecule has 0 radical (unpaired) electrons. The van der Waals surface area contributed by atoms with Gasteiger partial charge in [-0.2, -0.15) is 5.10 Å². The van der Waals surface area contributed by atoms with E-state index in [2.05, 4.69) is 15.5 Å². The SMILES string of the molecule is c1[nH]nc2c1CCCN2. The van der Waals surface area contributed by atoms with E-state index < -0.39 is 0 Å². The summed E-state index contributed by atoms with van der Waals surface area (Å²) >= 11 is 0. The molecule has 0 fully saturated rings. The molecule has 1 aromatic rings. The third-order valence-electron chi connectivity index (χ3n) is 1.63. The monoisotopic (exact) mass is 123 g/mol. The van der Waals surface area contributed by atoms with Gasteiger partial charge in [0.05, 0.1) is 0 Å². The second-order valence-electron chi connectivity index (χ2n) is 2.29. The number of hydrogen-bond acceptors (Lipinski definition) is 2. The Kier molecular flexibility index (Phi) is 0.946.